The summed E-state index contributed by atoms with van der Waals surface area (Å²) in [6.45, 7) is 0. The van der Waals surface area contributed by atoms with Gasteiger partial charge in [-0.3, -0.25) is 9.59 Å². The number of sulfone groups is 1. The van der Waals surface area contributed by atoms with E-state index in [1.807, 2.05) is 0 Å². The lowest BCUT2D eigenvalue weighted by Gasteiger charge is -2.10. The quantitative estimate of drug-likeness (QED) is 0.894. The minimum atomic E-state index is -3.26. The van der Waals surface area contributed by atoms with Crippen LogP contribution in [0, 0.1) is 0 Å². The lowest BCUT2D eigenvalue weighted by atomic mass is 10.2. The van der Waals surface area contributed by atoms with E-state index >= 15 is 0 Å². The van der Waals surface area contributed by atoms with Crippen molar-refractivity contribution in [2.45, 2.75) is 30.2 Å². The van der Waals surface area contributed by atoms with E-state index in [-0.39, 0.29) is 16.6 Å². The Labute approximate surface area is 111 Å². The number of hydrogen-bond acceptors (Lipinski definition) is 4. The van der Waals surface area contributed by atoms with Crippen molar-refractivity contribution in [1.29, 1.82) is 0 Å². The van der Waals surface area contributed by atoms with Gasteiger partial charge in [0.1, 0.15) is 0 Å². The Morgan fingerprint density at radius 3 is 2.37 bits per heavy atom. The molecule has 1 aliphatic rings. The molecule has 0 radical (unpaired) electrons. The maximum absolute atomic E-state index is 11.9. The van der Waals surface area contributed by atoms with Gasteiger partial charge in [0.25, 0.3) is 5.91 Å². The molecule has 1 aromatic carbocycles. The van der Waals surface area contributed by atoms with Crippen LogP contribution in [0.3, 0.4) is 0 Å². The van der Waals surface area contributed by atoms with Gasteiger partial charge in [0.2, 0.25) is 0 Å². The fraction of sp³-hybridized carbons (Fsp3) is 0.385. The summed E-state index contributed by atoms with van der Waals surface area (Å²) >= 11 is 0. The van der Waals surface area contributed by atoms with E-state index in [1.54, 1.807) is 0 Å². The van der Waals surface area contributed by atoms with Gasteiger partial charge in [0, 0.05) is 18.2 Å². The lowest BCUT2D eigenvalue weighted by Crippen LogP contribution is -2.37. The summed E-state index contributed by atoms with van der Waals surface area (Å²) in [6, 6.07) is 5.28. The summed E-state index contributed by atoms with van der Waals surface area (Å²) in [6.07, 6.45) is 3.10. The maximum atomic E-state index is 11.9. The van der Waals surface area contributed by atoms with Gasteiger partial charge in [0.05, 0.1) is 10.9 Å². The molecule has 1 saturated carbocycles. The maximum Gasteiger partial charge on any atom is 0.251 e. The van der Waals surface area contributed by atoms with Crippen LogP contribution in [-0.4, -0.2) is 32.4 Å². The monoisotopic (exact) mass is 281 g/mol. The highest BCUT2D eigenvalue weighted by Gasteiger charge is 2.26. The predicted octanol–water partition coefficient (Wildman–Crippen LogP) is 0.942. The first-order chi connectivity index (χ1) is 8.88. The van der Waals surface area contributed by atoms with Crippen LogP contribution >= 0.6 is 0 Å². The number of Topliss-reactive ketones (excluding diaryl/α,β-unsaturated/α-hetero) is 1. The van der Waals surface area contributed by atoms with Crippen molar-refractivity contribution in [3.8, 4) is 0 Å². The molecule has 0 aromatic heterocycles. The van der Waals surface area contributed by atoms with Gasteiger partial charge in [-0.05, 0) is 37.1 Å². The zero-order valence-corrected chi connectivity index (χ0v) is 11.4. The van der Waals surface area contributed by atoms with Gasteiger partial charge in [-0.1, -0.05) is 0 Å². The molecule has 1 amide bonds. The summed E-state index contributed by atoms with van der Waals surface area (Å²) < 4.78 is 22.6. The number of rotatable bonds is 3. The van der Waals surface area contributed by atoms with Crippen LogP contribution in [0.5, 0.6) is 0 Å². The molecule has 1 N–H and O–H groups in total. The molecular formula is C13H15NO4S. The van der Waals surface area contributed by atoms with Gasteiger partial charge in [0.15, 0.2) is 15.6 Å². The summed E-state index contributed by atoms with van der Waals surface area (Å²) in [5.41, 5.74) is 0.354. The molecule has 1 aromatic rings. The highest BCUT2D eigenvalue weighted by Crippen LogP contribution is 2.15. The Bertz CT molecular complexity index is 604. The molecule has 0 bridgehead atoms. The van der Waals surface area contributed by atoms with Crippen LogP contribution in [0.2, 0.25) is 0 Å². The molecule has 0 spiro atoms. The second-order valence-electron chi connectivity index (χ2n) is 4.68. The fourth-order valence-corrected chi connectivity index (χ4v) is 2.69. The molecule has 6 heteroatoms. The predicted molar refractivity (Wildman–Crippen MR) is 69.7 cm³/mol. The summed E-state index contributed by atoms with van der Waals surface area (Å²) in [5.74, 6) is -0.290. The minimum absolute atomic E-state index is 0.0566. The first-order valence-corrected chi connectivity index (χ1v) is 7.91. The van der Waals surface area contributed by atoms with Crippen LogP contribution in [0.15, 0.2) is 29.2 Å². The highest BCUT2D eigenvalue weighted by molar-refractivity contribution is 7.90. The number of carbonyl (C=O) groups excluding carboxylic acids is 2. The third-order valence-electron chi connectivity index (χ3n) is 3.15. The molecule has 0 aliphatic heterocycles. The third-order valence-corrected chi connectivity index (χ3v) is 4.28. The van der Waals surface area contributed by atoms with E-state index in [9.17, 15) is 18.0 Å². The average molecular weight is 281 g/mol. The van der Waals surface area contributed by atoms with E-state index in [2.05, 4.69) is 5.32 Å². The topological polar surface area (TPSA) is 80.3 Å². The lowest BCUT2D eigenvalue weighted by molar-refractivity contribution is -0.118. The molecule has 1 fully saturated rings. The zero-order valence-electron chi connectivity index (χ0n) is 10.5. The number of amides is 1. The number of ketones is 1. The zero-order chi connectivity index (χ0) is 14.0. The van der Waals surface area contributed by atoms with Crippen LogP contribution in [0.1, 0.15) is 29.6 Å². The molecule has 0 heterocycles. The minimum Gasteiger partial charge on any atom is -0.342 e. The van der Waals surface area contributed by atoms with Gasteiger partial charge in [-0.25, -0.2) is 8.42 Å². The van der Waals surface area contributed by atoms with Crippen molar-refractivity contribution in [2.24, 2.45) is 0 Å². The summed E-state index contributed by atoms with van der Waals surface area (Å²) in [4.78, 5) is 23.5. The molecule has 1 aliphatic carbocycles. The largest absolute Gasteiger partial charge is 0.342 e. The van der Waals surface area contributed by atoms with Crippen molar-refractivity contribution in [2.75, 3.05) is 6.26 Å². The second-order valence-corrected chi connectivity index (χ2v) is 6.70. The van der Waals surface area contributed by atoms with Crippen molar-refractivity contribution >= 4 is 21.5 Å². The second kappa shape index (κ2) is 5.13. The van der Waals surface area contributed by atoms with Crippen LogP contribution in [0.4, 0.5) is 0 Å². The van der Waals surface area contributed by atoms with E-state index in [4.69, 9.17) is 0 Å². The van der Waals surface area contributed by atoms with Gasteiger partial charge < -0.3 is 5.32 Å². The first kappa shape index (κ1) is 13.7. The Morgan fingerprint density at radius 2 is 1.89 bits per heavy atom. The highest BCUT2D eigenvalue weighted by atomic mass is 32.2. The van der Waals surface area contributed by atoms with E-state index < -0.39 is 15.9 Å². The Balaban J connectivity index is 2.10. The molecule has 1 unspecified atom stereocenters. The van der Waals surface area contributed by atoms with Gasteiger partial charge in [-0.2, -0.15) is 0 Å². The van der Waals surface area contributed by atoms with Crippen LogP contribution in [-0.2, 0) is 14.6 Å². The number of carbonyl (C=O) groups is 2. The molecule has 2 rings (SSSR count). The first-order valence-electron chi connectivity index (χ1n) is 6.01. The van der Waals surface area contributed by atoms with Gasteiger partial charge >= 0.3 is 0 Å². The summed E-state index contributed by atoms with van der Waals surface area (Å²) in [5, 5.41) is 2.67. The Hall–Kier alpha value is -1.69. The Morgan fingerprint density at radius 1 is 1.26 bits per heavy atom. The normalized spacial score (nSPS) is 19.4. The molecule has 1 atom stereocenters. The average Bonchev–Trinajstić information content (AvgIpc) is 2.74. The van der Waals surface area contributed by atoms with E-state index in [1.165, 1.54) is 24.3 Å². The van der Waals surface area contributed by atoms with Crippen LogP contribution < -0.4 is 5.32 Å². The molecule has 0 saturated heterocycles. The number of nitrogens with one attached hydrogen (secondary N) is 1. The third kappa shape index (κ3) is 3.20. The van der Waals surface area contributed by atoms with Crippen molar-refractivity contribution in [3.05, 3.63) is 29.8 Å². The smallest absolute Gasteiger partial charge is 0.251 e. The summed E-state index contributed by atoms with van der Waals surface area (Å²) in [7, 11) is -3.26. The molecule has 5 nitrogen and oxygen atoms in total. The van der Waals surface area contributed by atoms with E-state index in [0.717, 1.165) is 12.7 Å². The van der Waals surface area contributed by atoms with Crippen molar-refractivity contribution < 1.29 is 18.0 Å². The standard InChI is InChI=1S/C13H15NO4S/c1-19(17,18)10-7-5-9(6-8-10)13(16)14-11-3-2-4-12(11)15/h5-8,11H,2-4H2,1H3,(H,14,16). The molecular weight excluding hydrogens is 266 g/mol. The SMILES string of the molecule is CS(=O)(=O)c1ccc(C(=O)NC2CCCC2=O)cc1. The van der Waals surface area contributed by atoms with Crippen molar-refractivity contribution in [3.63, 3.8) is 0 Å². The van der Waals surface area contributed by atoms with Crippen molar-refractivity contribution in [1.82, 2.24) is 5.32 Å². The number of hydrogen-bond donors (Lipinski definition) is 1. The van der Waals surface area contributed by atoms with Crippen LogP contribution in [0.25, 0.3) is 0 Å². The van der Waals surface area contributed by atoms with E-state index in [0.29, 0.717) is 18.4 Å². The van der Waals surface area contributed by atoms with Gasteiger partial charge in [-0.15, -0.1) is 0 Å². The number of benzene rings is 1. The molecule has 19 heavy (non-hydrogen) atoms. The fourth-order valence-electron chi connectivity index (χ4n) is 2.06. The Kier molecular flexibility index (Phi) is 3.71. The molecule has 102 valence electrons.